The molecule has 0 saturated carbocycles. The van der Waals surface area contributed by atoms with Crippen LogP contribution in [0, 0.1) is 6.92 Å². The molecule has 0 aliphatic carbocycles. The predicted octanol–water partition coefficient (Wildman–Crippen LogP) is 5.29. The van der Waals surface area contributed by atoms with Gasteiger partial charge in [0.1, 0.15) is 12.4 Å². The zero-order valence-corrected chi connectivity index (χ0v) is 21.1. The second-order valence-electron chi connectivity index (χ2n) is 10.1. The Bertz CT molecular complexity index is 1110. The van der Waals surface area contributed by atoms with Crippen LogP contribution in [-0.4, -0.2) is 39.1 Å². The van der Waals surface area contributed by atoms with Gasteiger partial charge in [-0.15, -0.1) is 0 Å². The molecule has 180 valence electrons. The van der Waals surface area contributed by atoms with E-state index in [4.69, 9.17) is 5.10 Å². The number of hydrogen-bond donors (Lipinski definition) is 1. The third kappa shape index (κ3) is 6.56. The molecule has 34 heavy (non-hydrogen) atoms. The molecule has 3 aromatic rings. The van der Waals surface area contributed by atoms with Crippen molar-refractivity contribution in [1.29, 1.82) is 0 Å². The second kappa shape index (κ2) is 10.7. The highest BCUT2D eigenvalue weighted by molar-refractivity contribution is 5.94. The molecule has 0 bridgehead atoms. The van der Waals surface area contributed by atoms with E-state index in [1.54, 1.807) is 9.58 Å². The Balaban J connectivity index is 1.75. The van der Waals surface area contributed by atoms with E-state index >= 15 is 0 Å². The van der Waals surface area contributed by atoms with Gasteiger partial charge in [-0.3, -0.25) is 9.59 Å². The van der Waals surface area contributed by atoms with Crippen LogP contribution < -0.4 is 5.32 Å². The van der Waals surface area contributed by atoms with Gasteiger partial charge in [-0.25, -0.2) is 4.68 Å². The molecule has 1 N–H and O–H groups in total. The number of aromatic nitrogens is 2. The average Bonchev–Trinajstić information content (AvgIpc) is 3.21. The van der Waals surface area contributed by atoms with Crippen LogP contribution >= 0.6 is 0 Å². The summed E-state index contributed by atoms with van der Waals surface area (Å²) in [6, 6.07) is 19.8. The van der Waals surface area contributed by atoms with Crippen molar-refractivity contribution in [3.63, 3.8) is 0 Å². The topological polar surface area (TPSA) is 67.2 Å². The number of carbonyl (C=O) groups excluding carboxylic acids is 2. The summed E-state index contributed by atoms with van der Waals surface area (Å²) in [5.74, 6) is 0.325. The number of amides is 2. The summed E-state index contributed by atoms with van der Waals surface area (Å²) >= 11 is 0. The first-order chi connectivity index (χ1) is 16.0. The number of aryl methyl sites for hydroxylation is 2. The van der Waals surface area contributed by atoms with Gasteiger partial charge in [0, 0.05) is 23.9 Å². The number of anilines is 1. The smallest absolute Gasteiger partial charge is 0.245 e. The van der Waals surface area contributed by atoms with E-state index in [1.807, 2.05) is 81.4 Å². The molecule has 2 amide bonds. The molecule has 0 aliphatic heterocycles. The minimum Gasteiger partial charge on any atom is -0.331 e. The van der Waals surface area contributed by atoms with Gasteiger partial charge in [0.15, 0.2) is 0 Å². The summed E-state index contributed by atoms with van der Waals surface area (Å²) < 4.78 is 1.76. The molecule has 2 aromatic carbocycles. The lowest BCUT2D eigenvalue weighted by Crippen LogP contribution is -2.42. The summed E-state index contributed by atoms with van der Waals surface area (Å²) in [5.41, 5.74) is 3.84. The van der Waals surface area contributed by atoms with Crippen molar-refractivity contribution in [2.24, 2.45) is 0 Å². The zero-order valence-electron chi connectivity index (χ0n) is 21.1. The van der Waals surface area contributed by atoms with Gasteiger partial charge in [-0.2, -0.15) is 5.10 Å². The van der Waals surface area contributed by atoms with E-state index in [0.717, 1.165) is 22.5 Å². The number of nitrogens with zero attached hydrogens (tertiary/aromatic N) is 3. The third-order valence-electron chi connectivity index (χ3n) is 5.75. The SMILES string of the molecule is Cc1ccc(-n2nc(C(C)(C)C)cc2NC(=O)CN(C(=O)CCc2ccccc2)C(C)C)cc1. The van der Waals surface area contributed by atoms with Gasteiger partial charge in [0.05, 0.1) is 11.4 Å². The van der Waals surface area contributed by atoms with Crippen LogP contribution in [0.25, 0.3) is 5.69 Å². The number of carbonyl (C=O) groups is 2. The maximum Gasteiger partial charge on any atom is 0.245 e. The first-order valence-electron chi connectivity index (χ1n) is 11.9. The molecule has 6 heteroatoms. The third-order valence-corrected chi connectivity index (χ3v) is 5.75. The van der Waals surface area contributed by atoms with Crippen molar-refractivity contribution in [2.45, 2.75) is 65.8 Å². The zero-order chi connectivity index (χ0) is 24.9. The van der Waals surface area contributed by atoms with Crippen molar-refractivity contribution in [1.82, 2.24) is 14.7 Å². The van der Waals surface area contributed by atoms with E-state index in [9.17, 15) is 9.59 Å². The highest BCUT2D eigenvalue weighted by atomic mass is 16.2. The Morgan fingerprint density at radius 3 is 2.26 bits per heavy atom. The fourth-order valence-corrected chi connectivity index (χ4v) is 3.65. The lowest BCUT2D eigenvalue weighted by Gasteiger charge is -2.26. The molecule has 6 nitrogen and oxygen atoms in total. The second-order valence-corrected chi connectivity index (χ2v) is 10.1. The molecule has 0 unspecified atom stereocenters. The molecule has 1 aromatic heterocycles. The number of nitrogens with one attached hydrogen (secondary N) is 1. The van der Waals surface area contributed by atoms with E-state index in [0.29, 0.717) is 18.7 Å². The normalized spacial score (nSPS) is 11.5. The van der Waals surface area contributed by atoms with Crippen molar-refractivity contribution in [3.8, 4) is 5.69 Å². The van der Waals surface area contributed by atoms with Gasteiger partial charge in [0.25, 0.3) is 0 Å². The molecule has 1 heterocycles. The number of rotatable bonds is 8. The fourth-order valence-electron chi connectivity index (χ4n) is 3.65. The van der Waals surface area contributed by atoms with Crippen molar-refractivity contribution < 1.29 is 9.59 Å². The van der Waals surface area contributed by atoms with Gasteiger partial charge in [-0.1, -0.05) is 68.8 Å². The van der Waals surface area contributed by atoms with Crippen LogP contribution in [0.4, 0.5) is 5.82 Å². The summed E-state index contributed by atoms with van der Waals surface area (Å²) in [6.45, 7) is 12.2. The molecule has 0 saturated heterocycles. The minimum absolute atomic E-state index is 0.00474. The highest BCUT2D eigenvalue weighted by Gasteiger charge is 2.24. The highest BCUT2D eigenvalue weighted by Crippen LogP contribution is 2.26. The summed E-state index contributed by atoms with van der Waals surface area (Å²) in [6.07, 6.45) is 1.02. The summed E-state index contributed by atoms with van der Waals surface area (Å²) in [5, 5.41) is 7.77. The Morgan fingerprint density at radius 1 is 1.03 bits per heavy atom. The van der Waals surface area contributed by atoms with Crippen LogP contribution in [0.5, 0.6) is 0 Å². The lowest BCUT2D eigenvalue weighted by molar-refractivity contribution is -0.136. The molecular formula is C28H36N4O2. The Kier molecular flexibility index (Phi) is 7.92. The predicted molar refractivity (Wildman–Crippen MR) is 137 cm³/mol. The first kappa shape index (κ1) is 25.2. The quantitative estimate of drug-likeness (QED) is 0.497. The lowest BCUT2D eigenvalue weighted by atomic mass is 9.92. The van der Waals surface area contributed by atoms with Crippen molar-refractivity contribution in [3.05, 3.63) is 77.5 Å². The molecule has 0 aliphatic rings. The average molecular weight is 461 g/mol. The maximum atomic E-state index is 13.1. The van der Waals surface area contributed by atoms with E-state index in [-0.39, 0.29) is 29.8 Å². The van der Waals surface area contributed by atoms with Crippen LogP contribution in [0.3, 0.4) is 0 Å². The van der Waals surface area contributed by atoms with Crippen molar-refractivity contribution in [2.75, 3.05) is 11.9 Å². The van der Waals surface area contributed by atoms with Crippen molar-refractivity contribution >= 4 is 17.6 Å². The van der Waals surface area contributed by atoms with E-state index in [2.05, 4.69) is 26.1 Å². The standard InChI is InChI=1S/C28H36N4O2/c1-20(2)31(27(34)17-14-22-10-8-7-9-11-22)19-26(33)29-25-18-24(28(4,5)6)30-32(25)23-15-12-21(3)13-16-23/h7-13,15-16,18,20H,14,17,19H2,1-6H3,(H,29,33). The number of benzene rings is 2. The molecule has 0 spiro atoms. The van der Waals surface area contributed by atoms with Gasteiger partial charge in [-0.05, 0) is 44.9 Å². The monoisotopic (exact) mass is 460 g/mol. The molecule has 0 radical (unpaired) electrons. The Labute approximate surface area is 203 Å². The number of hydrogen-bond acceptors (Lipinski definition) is 3. The first-order valence-corrected chi connectivity index (χ1v) is 11.9. The van der Waals surface area contributed by atoms with Crippen LogP contribution in [0.1, 0.15) is 57.9 Å². The summed E-state index contributed by atoms with van der Waals surface area (Å²) in [4.78, 5) is 27.6. The van der Waals surface area contributed by atoms with Crippen LogP contribution in [0.2, 0.25) is 0 Å². The van der Waals surface area contributed by atoms with Crippen LogP contribution in [-0.2, 0) is 21.4 Å². The Hall–Kier alpha value is -3.41. The molecular weight excluding hydrogens is 424 g/mol. The van der Waals surface area contributed by atoms with E-state index < -0.39 is 0 Å². The molecule has 0 fully saturated rings. The molecule has 3 rings (SSSR count). The fraction of sp³-hybridized carbons (Fsp3) is 0.393. The van der Waals surface area contributed by atoms with E-state index in [1.165, 1.54) is 0 Å². The van der Waals surface area contributed by atoms with Gasteiger partial charge < -0.3 is 10.2 Å². The van der Waals surface area contributed by atoms with Gasteiger partial charge >= 0.3 is 0 Å². The van der Waals surface area contributed by atoms with Gasteiger partial charge in [0.2, 0.25) is 11.8 Å². The minimum atomic E-state index is -0.240. The Morgan fingerprint density at radius 2 is 1.68 bits per heavy atom. The summed E-state index contributed by atoms with van der Waals surface area (Å²) in [7, 11) is 0. The molecule has 0 atom stereocenters. The van der Waals surface area contributed by atoms with Crippen LogP contribution in [0.15, 0.2) is 60.7 Å². The largest absolute Gasteiger partial charge is 0.331 e. The maximum absolute atomic E-state index is 13.1.